The van der Waals surface area contributed by atoms with Crippen LogP contribution in [0.5, 0.6) is 0 Å². The monoisotopic (exact) mass is 160 g/mol. The van der Waals surface area contributed by atoms with E-state index in [2.05, 4.69) is 11.7 Å². The highest BCUT2D eigenvalue weighted by molar-refractivity contribution is 5.58. The summed E-state index contributed by atoms with van der Waals surface area (Å²) < 4.78 is 0. The molecular formula is C10H12N2. The smallest absolute Gasteiger partial charge is 0.0645 e. The molecule has 0 aliphatic rings. The fraction of sp³-hybridized carbons (Fsp3) is 0.100. The van der Waals surface area contributed by atoms with Crippen LogP contribution in [0, 0.1) is 0 Å². The first-order valence-electron chi connectivity index (χ1n) is 3.84. The number of rotatable bonds is 3. The minimum absolute atomic E-state index is 1.02. The van der Waals surface area contributed by atoms with E-state index in [-0.39, 0.29) is 0 Å². The molecule has 0 N–H and O–H groups in total. The van der Waals surface area contributed by atoms with E-state index in [4.69, 9.17) is 0 Å². The number of anilines is 1. The summed E-state index contributed by atoms with van der Waals surface area (Å²) in [5.74, 6) is 0. The molecule has 2 heteroatoms. The van der Waals surface area contributed by atoms with Gasteiger partial charge < -0.3 is 0 Å². The lowest BCUT2D eigenvalue weighted by atomic mass is 10.3. The molecule has 0 radical (unpaired) electrons. The molecule has 0 amide bonds. The zero-order valence-corrected chi connectivity index (χ0v) is 7.14. The van der Waals surface area contributed by atoms with Crippen LogP contribution in [0.25, 0.3) is 0 Å². The van der Waals surface area contributed by atoms with E-state index in [0.29, 0.717) is 0 Å². The van der Waals surface area contributed by atoms with Gasteiger partial charge in [0.2, 0.25) is 0 Å². The summed E-state index contributed by atoms with van der Waals surface area (Å²) in [5.41, 5.74) is 1.02. The molecular weight excluding hydrogens is 148 g/mol. The van der Waals surface area contributed by atoms with Gasteiger partial charge in [0.05, 0.1) is 5.69 Å². The Labute approximate surface area is 72.8 Å². The molecule has 1 aromatic rings. The first kappa shape index (κ1) is 8.53. The van der Waals surface area contributed by atoms with Crippen molar-refractivity contribution in [1.82, 2.24) is 0 Å². The van der Waals surface area contributed by atoms with E-state index in [9.17, 15) is 0 Å². The minimum Gasteiger partial charge on any atom is -0.242 e. The first-order chi connectivity index (χ1) is 5.88. The van der Waals surface area contributed by atoms with Gasteiger partial charge in [-0.3, -0.25) is 0 Å². The van der Waals surface area contributed by atoms with Gasteiger partial charge in [0.1, 0.15) is 0 Å². The van der Waals surface area contributed by atoms with Crippen LogP contribution in [0.1, 0.15) is 6.92 Å². The highest BCUT2D eigenvalue weighted by atomic mass is 15.4. The molecule has 0 spiro atoms. The molecule has 1 aromatic carbocycles. The van der Waals surface area contributed by atoms with Gasteiger partial charge in [-0.1, -0.05) is 24.8 Å². The van der Waals surface area contributed by atoms with Crippen molar-refractivity contribution in [2.24, 2.45) is 5.10 Å². The van der Waals surface area contributed by atoms with Crippen LogP contribution in [0.2, 0.25) is 0 Å². The molecule has 1 rings (SSSR count). The van der Waals surface area contributed by atoms with Crippen molar-refractivity contribution >= 4 is 11.9 Å². The Hall–Kier alpha value is -1.57. The largest absolute Gasteiger partial charge is 0.242 e. The molecule has 0 aromatic heterocycles. The van der Waals surface area contributed by atoms with E-state index in [1.807, 2.05) is 37.3 Å². The number of para-hydroxylation sites is 1. The average molecular weight is 160 g/mol. The van der Waals surface area contributed by atoms with Crippen molar-refractivity contribution in [3.8, 4) is 0 Å². The zero-order chi connectivity index (χ0) is 8.81. The van der Waals surface area contributed by atoms with E-state index in [0.717, 1.165) is 5.69 Å². The summed E-state index contributed by atoms with van der Waals surface area (Å²) in [6, 6.07) is 9.87. The molecule has 0 atom stereocenters. The van der Waals surface area contributed by atoms with Crippen molar-refractivity contribution < 1.29 is 0 Å². The van der Waals surface area contributed by atoms with Crippen LogP contribution in [0.3, 0.4) is 0 Å². The van der Waals surface area contributed by atoms with Crippen molar-refractivity contribution in [2.75, 3.05) is 5.01 Å². The van der Waals surface area contributed by atoms with Crippen LogP contribution in [-0.4, -0.2) is 6.21 Å². The maximum Gasteiger partial charge on any atom is 0.0645 e. The summed E-state index contributed by atoms with van der Waals surface area (Å²) in [7, 11) is 0. The number of hydrogen-bond donors (Lipinski definition) is 0. The van der Waals surface area contributed by atoms with Crippen molar-refractivity contribution in [3.63, 3.8) is 0 Å². The van der Waals surface area contributed by atoms with Crippen LogP contribution < -0.4 is 5.01 Å². The third-order valence-corrected chi connectivity index (χ3v) is 1.43. The quantitative estimate of drug-likeness (QED) is 0.490. The Kier molecular flexibility index (Phi) is 3.08. The lowest BCUT2D eigenvalue weighted by Gasteiger charge is -2.12. The number of hydrazone groups is 1. The normalized spacial score (nSPS) is 10.1. The Morgan fingerprint density at radius 3 is 2.50 bits per heavy atom. The second-order valence-electron chi connectivity index (χ2n) is 2.24. The highest BCUT2D eigenvalue weighted by Crippen LogP contribution is 2.12. The van der Waals surface area contributed by atoms with Gasteiger partial charge >= 0.3 is 0 Å². The molecule has 0 aliphatic heterocycles. The Morgan fingerprint density at radius 2 is 2.00 bits per heavy atom. The lowest BCUT2D eigenvalue weighted by molar-refractivity contribution is 1.09. The van der Waals surface area contributed by atoms with E-state index < -0.39 is 0 Å². The summed E-state index contributed by atoms with van der Waals surface area (Å²) in [6.07, 6.45) is 3.41. The van der Waals surface area contributed by atoms with Crippen LogP contribution in [0.15, 0.2) is 48.2 Å². The van der Waals surface area contributed by atoms with Gasteiger partial charge in [-0.05, 0) is 19.1 Å². The highest BCUT2D eigenvalue weighted by Gasteiger charge is 1.95. The minimum atomic E-state index is 1.02. The van der Waals surface area contributed by atoms with Gasteiger partial charge in [0.15, 0.2) is 0 Å². The SMILES string of the molecule is C=CN(/N=C\C)c1ccccc1. The third-order valence-electron chi connectivity index (χ3n) is 1.43. The standard InChI is InChI=1S/C10H12N2/c1-3-11-12(4-2)10-8-6-5-7-9-10/h3-9H,2H2,1H3/b11-3-. The Balaban J connectivity index is 2.87. The van der Waals surface area contributed by atoms with E-state index in [1.54, 1.807) is 17.4 Å². The molecule has 0 bridgehead atoms. The molecule has 12 heavy (non-hydrogen) atoms. The van der Waals surface area contributed by atoms with Crippen molar-refractivity contribution in [1.29, 1.82) is 0 Å². The number of nitrogens with zero attached hydrogens (tertiary/aromatic N) is 2. The molecule has 0 fully saturated rings. The van der Waals surface area contributed by atoms with Crippen LogP contribution in [-0.2, 0) is 0 Å². The lowest BCUT2D eigenvalue weighted by Crippen LogP contribution is -2.05. The maximum atomic E-state index is 4.10. The fourth-order valence-corrected chi connectivity index (χ4v) is 0.924. The topological polar surface area (TPSA) is 15.6 Å². The second kappa shape index (κ2) is 4.34. The summed E-state index contributed by atoms with van der Waals surface area (Å²) in [4.78, 5) is 0. The molecule has 62 valence electrons. The molecule has 0 saturated heterocycles. The predicted molar refractivity (Wildman–Crippen MR) is 53.3 cm³/mol. The summed E-state index contributed by atoms with van der Waals surface area (Å²) in [6.45, 7) is 5.54. The second-order valence-corrected chi connectivity index (χ2v) is 2.24. The third kappa shape index (κ3) is 1.95. The van der Waals surface area contributed by atoms with Gasteiger partial charge in [-0.25, -0.2) is 5.01 Å². The van der Waals surface area contributed by atoms with Crippen LogP contribution in [0.4, 0.5) is 5.69 Å². The number of hydrogen-bond acceptors (Lipinski definition) is 2. The average Bonchev–Trinajstić information content (AvgIpc) is 2.15. The van der Waals surface area contributed by atoms with Gasteiger partial charge in [-0.15, -0.1) is 0 Å². The number of benzene rings is 1. The van der Waals surface area contributed by atoms with Crippen molar-refractivity contribution in [3.05, 3.63) is 43.1 Å². The first-order valence-corrected chi connectivity index (χ1v) is 3.84. The molecule has 0 saturated carbocycles. The van der Waals surface area contributed by atoms with Gasteiger partial charge in [0, 0.05) is 12.4 Å². The molecule has 0 heterocycles. The Bertz CT molecular complexity index is 264. The summed E-state index contributed by atoms with van der Waals surface area (Å²) >= 11 is 0. The molecule has 0 aliphatic carbocycles. The predicted octanol–water partition coefficient (Wildman–Crippen LogP) is 2.64. The Morgan fingerprint density at radius 1 is 1.33 bits per heavy atom. The van der Waals surface area contributed by atoms with Crippen molar-refractivity contribution in [2.45, 2.75) is 6.92 Å². The molecule has 0 unspecified atom stereocenters. The molecule has 2 nitrogen and oxygen atoms in total. The van der Waals surface area contributed by atoms with Gasteiger partial charge in [0.25, 0.3) is 0 Å². The fourth-order valence-electron chi connectivity index (χ4n) is 0.924. The zero-order valence-electron chi connectivity index (χ0n) is 7.14. The van der Waals surface area contributed by atoms with Crippen LogP contribution >= 0.6 is 0 Å². The van der Waals surface area contributed by atoms with E-state index in [1.165, 1.54) is 0 Å². The van der Waals surface area contributed by atoms with Gasteiger partial charge in [-0.2, -0.15) is 5.10 Å². The van der Waals surface area contributed by atoms with E-state index >= 15 is 0 Å². The maximum absolute atomic E-state index is 4.10. The summed E-state index contributed by atoms with van der Waals surface area (Å²) in [5, 5.41) is 5.83.